The van der Waals surface area contributed by atoms with Crippen molar-refractivity contribution in [2.24, 2.45) is 17.3 Å². The first-order valence-corrected chi connectivity index (χ1v) is 12.8. The zero-order chi connectivity index (χ0) is 26.3. The zero-order valence-corrected chi connectivity index (χ0v) is 22.5. The molecule has 8 heteroatoms. The van der Waals surface area contributed by atoms with Gasteiger partial charge in [-0.05, 0) is 44.6 Å². The van der Waals surface area contributed by atoms with E-state index < -0.39 is 35.6 Å². The van der Waals surface area contributed by atoms with Crippen LogP contribution in [-0.4, -0.2) is 45.3 Å². The van der Waals surface area contributed by atoms with Crippen LogP contribution < -0.4 is 0 Å². The van der Waals surface area contributed by atoms with Crippen LogP contribution in [0.2, 0.25) is 0 Å². The predicted molar refractivity (Wildman–Crippen MR) is 136 cm³/mol. The van der Waals surface area contributed by atoms with E-state index in [-0.39, 0.29) is 23.2 Å². The van der Waals surface area contributed by atoms with Crippen molar-refractivity contribution in [1.82, 2.24) is 4.98 Å². The number of carbonyl (C=O) groups excluding carboxylic acids is 2. The van der Waals surface area contributed by atoms with Crippen LogP contribution in [0.25, 0.3) is 6.08 Å². The third-order valence-electron chi connectivity index (χ3n) is 7.01. The number of allylic oxidation sites excluding steroid dienone is 1. The van der Waals surface area contributed by atoms with Gasteiger partial charge in [-0.3, -0.25) is 9.59 Å². The van der Waals surface area contributed by atoms with E-state index in [0.29, 0.717) is 24.4 Å². The molecule has 5 atom stereocenters. The van der Waals surface area contributed by atoms with Gasteiger partial charge in [-0.15, -0.1) is 0 Å². The Hall–Kier alpha value is -1.96. The molecule has 1 aliphatic rings. The molecule has 0 amide bonds. The van der Waals surface area contributed by atoms with Crippen LogP contribution in [0, 0.1) is 24.2 Å². The summed E-state index contributed by atoms with van der Waals surface area (Å²) in [5, 5.41) is 22.1. The maximum absolute atomic E-state index is 13.4. The third kappa shape index (κ3) is 8.02. The SMILES string of the molecule is CC[C@H]1C(=O)C(C)(C)[C@@H](O)CC(=O)O[C@H](C(Cl)=Cc2coc(C)n2)C/C=C(/C)CCC[C@H](C)[C@@H]1O. The van der Waals surface area contributed by atoms with Gasteiger partial charge in [-0.2, -0.15) is 0 Å². The zero-order valence-electron chi connectivity index (χ0n) is 21.7. The Labute approximate surface area is 213 Å². The molecule has 1 aromatic rings. The summed E-state index contributed by atoms with van der Waals surface area (Å²) in [4.78, 5) is 30.4. The minimum atomic E-state index is -1.27. The number of halogens is 1. The van der Waals surface area contributed by atoms with E-state index in [1.807, 2.05) is 26.8 Å². The van der Waals surface area contributed by atoms with Gasteiger partial charge in [0.1, 0.15) is 23.8 Å². The number of carbonyl (C=O) groups is 2. The molecule has 1 aromatic heterocycles. The highest BCUT2D eigenvalue weighted by Crippen LogP contribution is 2.34. The fourth-order valence-corrected chi connectivity index (χ4v) is 4.67. The number of nitrogens with zero attached hydrogens (tertiary/aromatic N) is 1. The second-order valence-corrected chi connectivity index (χ2v) is 10.7. The Bertz CT molecular complexity index is 934. The number of rotatable bonds is 3. The molecular weight excluding hydrogens is 470 g/mol. The smallest absolute Gasteiger partial charge is 0.309 e. The van der Waals surface area contributed by atoms with Gasteiger partial charge in [-0.25, -0.2) is 4.98 Å². The average Bonchev–Trinajstić information content (AvgIpc) is 3.20. The molecule has 2 rings (SSSR count). The van der Waals surface area contributed by atoms with Crippen LogP contribution in [0.3, 0.4) is 0 Å². The number of oxazole rings is 1. The first-order chi connectivity index (χ1) is 16.4. The van der Waals surface area contributed by atoms with Crippen molar-refractivity contribution < 1.29 is 29.0 Å². The van der Waals surface area contributed by atoms with Crippen molar-refractivity contribution in [2.75, 3.05) is 0 Å². The summed E-state index contributed by atoms with van der Waals surface area (Å²) >= 11 is 6.53. The van der Waals surface area contributed by atoms with Crippen molar-refractivity contribution in [3.63, 3.8) is 0 Å². The third-order valence-corrected chi connectivity index (χ3v) is 7.37. The first kappa shape index (κ1) is 29.3. The van der Waals surface area contributed by atoms with Crippen molar-refractivity contribution >= 4 is 29.4 Å². The maximum atomic E-state index is 13.4. The van der Waals surface area contributed by atoms with Crippen LogP contribution in [0.4, 0.5) is 0 Å². The molecular formula is C27H40ClNO6. The Morgan fingerprint density at radius 1 is 1.29 bits per heavy atom. The lowest BCUT2D eigenvalue weighted by Crippen LogP contribution is -2.46. The van der Waals surface area contributed by atoms with E-state index in [2.05, 4.69) is 4.98 Å². The van der Waals surface area contributed by atoms with Crippen LogP contribution in [-0.2, 0) is 14.3 Å². The number of hydrogen-bond donors (Lipinski definition) is 2. The monoisotopic (exact) mass is 509 g/mol. The van der Waals surface area contributed by atoms with E-state index in [4.69, 9.17) is 20.8 Å². The Balaban J connectivity index is 2.35. The van der Waals surface area contributed by atoms with Gasteiger partial charge in [0.05, 0.1) is 29.1 Å². The number of ether oxygens (including phenoxy) is 1. The summed E-state index contributed by atoms with van der Waals surface area (Å²) in [6, 6.07) is 0. The lowest BCUT2D eigenvalue weighted by molar-refractivity contribution is -0.154. The van der Waals surface area contributed by atoms with Gasteiger partial charge < -0.3 is 19.4 Å². The topological polar surface area (TPSA) is 110 Å². The Kier molecular flexibility index (Phi) is 10.7. The summed E-state index contributed by atoms with van der Waals surface area (Å²) in [5.41, 5.74) is 0.397. The number of ketones is 1. The fraction of sp³-hybridized carbons (Fsp3) is 0.667. The molecule has 0 aromatic carbocycles. The molecule has 196 valence electrons. The summed E-state index contributed by atoms with van der Waals surface area (Å²) in [5.74, 6) is -1.11. The molecule has 0 fully saturated rings. The molecule has 35 heavy (non-hydrogen) atoms. The second-order valence-electron chi connectivity index (χ2n) is 10.3. The van der Waals surface area contributed by atoms with Gasteiger partial charge in [0.15, 0.2) is 5.89 Å². The van der Waals surface area contributed by atoms with E-state index in [1.54, 1.807) is 26.8 Å². The van der Waals surface area contributed by atoms with Gasteiger partial charge in [0, 0.05) is 19.3 Å². The largest absolute Gasteiger partial charge is 0.456 e. The van der Waals surface area contributed by atoms with E-state index in [1.165, 1.54) is 6.26 Å². The molecule has 7 nitrogen and oxygen atoms in total. The molecule has 0 saturated carbocycles. The van der Waals surface area contributed by atoms with Gasteiger partial charge in [0.25, 0.3) is 0 Å². The highest BCUT2D eigenvalue weighted by atomic mass is 35.5. The number of cyclic esters (lactones) is 1. The molecule has 2 N–H and O–H groups in total. The lowest BCUT2D eigenvalue weighted by atomic mass is 9.71. The molecule has 2 heterocycles. The number of aromatic nitrogens is 1. The van der Waals surface area contributed by atoms with Crippen LogP contribution in [0.15, 0.2) is 27.4 Å². The number of esters is 1. The predicted octanol–water partition coefficient (Wildman–Crippen LogP) is 5.36. The van der Waals surface area contributed by atoms with Crippen LogP contribution in [0.1, 0.15) is 84.7 Å². The summed E-state index contributed by atoms with van der Waals surface area (Å²) in [6.45, 7) is 10.8. The number of aliphatic hydroxyl groups excluding tert-OH is 2. The first-order valence-electron chi connectivity index (χ1n) is 12.4. The van der Waals surface area contributed by atoms with Crippen molar-refractivity contribution in [1.29, 1.82) is 0 Å². The van der Waals surface area contributed by atoms with Gasteiger partial charge in [0.2, 0.25) is 0 Å². The molecule has 0 radical (unpaired) electrons. The minimum absolute atomic E-state index is 0.0708. The summed E-state index contributed by atoms with van der Waals surface area (Å²) in [7, 11) is 0. The van der Waals surface area contributed by atoms with Crippen molar-refractivity contribution in [2.45, 2.75) is 98.4 Å². The average molecular weight is 510 g/mol. The van der Waals surface area contributed by atoms with E-state index >= 15 is 0 Å². The molecule has 0 saturated heterocycles. The highest BCUT2D eigenvalue weighted by molar-refractivity contribution is 6.32. The molecule has 0 aliphatic carbocycles. The Morgan fingerprint density at radius 3 is 2.57 bits per heavy atom. The minimum Gasteiger partial charge on any atom is -0.456 e. The normalized spacial score (nSPS) is 31.5. The number of aliphatic hydroxyl groups is 2. The van der Waals surface area contributed by atoms with Crippen molar-refractivity contribution in [3.05, 3.63) is 34.5 Å². The summed E-state index contributed by atoms with van der Waals surface area (Å²) < 4.78 is 10.9. The summed E-state index contributed by atoms with van der Waals surface area (Å²) in [6.07, 6.45) is 5.09. The molecule has 0 spiro atoms. The number of Topliss-reactive ketones (excluding diaryl/α,β-unsaturated/α-hetero) is 1. The fourth-order valence-electron chi connectivity index (χ4n) is 4.42. The number of hydrogen-bond acceptors (Lipinski definition) is 7. The second kappa shape index (κ2) is 12.8. The maximum Gasteiger partial charge on any atom is 0.309 e. The van der Waals surface area contributed by atoms with Crippen LogP contribution in [0.5, 0.6) is 0 Å². The van der Waals surface area contributed by atoms with Crippen molar-refractivity contribution in [3.8, 4) is 0 Å². The highest BCUT2D eigenvalue weighted by Gasteiger charge is 2.43. The number of aryl methyl sites for hydroxylation is 1. The molecule has 1 aliphatic heterocycles. The van der Waals surface area contributed by atoms with E-state index in [9.17, 15) is 19.8 Å². The molecule has 0 unspecified atom stereocenters. The van der Waals surface area contributed by atoms with Gasteiger partial charge >= 0.3 is 5.97 Å². The van der Waals surface area contributed by atoms with Crippen LogP contribution >= 0.6 is 11.6 Å². The quantitative estimate of drug-likeness (QED) is 0.416. The van der Waals surface area contributed by atoms with E-state index in [0.717, 1.165) is 24.8 Å². The Morgan fingerprint density at radius 2 is 1.97 bits per heavy atom. The standard InChI is InChI=1S/C27H40ClNO6/c1-7-20-25(32)17(3)10-8-9-16(2)11-12-22(21(28)13-19-15-34-18(4)29-19)35-24(31)14-23(30)27(5,6)26(20)33/h11,13,15,17,20,22-23,25,30,32H,7-10,12,14H2,1-6H3/b16-11-,21-13?/t17-,20+,22-,23-,25-/m0/s1. The van der Waals surface area contributed by atoms with Gasteiger partial charge in [-0.1, -0.05) is 50.9 Å². The lowest BCUT2D eigenvalue weighted by Gasteiger charge is -2.35. The molecule has 0 bridgehead atoms.